The Morgan fingerprint density at radius 2 is 1.79 bits per heavy atom. The largest absolute Gasteiger partial charge is 0.396 e. The first-order valence-corrected chi connectivity index (χ1v) is 6.37. The lowest BCUT2D eigenvalue weighted by Gasteiger charge is -2.12. The average molecular weight is 265 g/mol. The van der Waals surface area contributed by atoms with Gasteiger partial charge in [-0.25, -0.2) is 8.78 Å². The molecule has 0 unspecified atom stereocenters. The third kappa shape index (κ3) is 2.45. The summed E-state index contributed by atoms with van der Waals surface area (Å²) in [5, 5.41) is 4.26. The molecule has 0 aliphatic heterocycles. The number of benzene rings is 1. The van der Waals surface area contributed by atoms with Gasteiger partial charge in [0.25, 0.3) is 0 Å². The Morgan fingerprint density at radius 1 is 1.21 bits per heavy atom. The molecule has 1 aromatic heterocycles. The van der Waals surface area contributed by atoms with Crippen molar-refractivity contribution in [3.8, 4) is 11.3 Å². The standard InChI is InChI=1S/C14H17F2N3/c1-3-9(4-2)19-8-12(17)14(18-19)13-10(15)6-5-7-11(13)16/h5-9H,3-4,17H2,1-2H3. The third-order valence-electron chi connectivity index (χ3n) is 3.28. The van der Waals surface area contributed by atoms with Gasteiger partial charge in [0, 0.05) is 6.20 Å². The van der Waals surface area contributed by atoms with E-state index in [1.807, 2.05) is 13.8 Å². The van der Waals surface area contributed by atoms with Crippen LogP contribution in [-0.2, 0) is 0 Å². The number of anilines is 1. The molecule has 0 amide bonds. The topological polar surface area (TPSA) is 43.8 Å². The van der Waals surface area contributed by atoms with Crippen molar-refractivity contribution in [3.05, 3.63) is 36.0 Å². The molecule has 1 heterocycles. The van der Waals surface area contributed by atoms with Crippen LogP contribution >= 0.6 is 0 Å². The van der Waals surface area contributed by atoms with Gasteiger partial charge in [0.2, 0.25) is 0 Å². The summed E-state index contributed by atoms with van der Waals surface area (Å²) >= 11 is 0. The zero-order valence-corrected chi connectivity index (χ0v) is 11.0. The molecule has 3 nitrogen and oxygen atoms in total. The predicted octanol–water partition coefficient (Wildman–Crippen LogP) is 3.77. The van der Waals surface area contributed by atoms with E-state index in [1.165, 1.54) is 18.2 Å². The maximum Gasteiger partial charge on any atom is 0.135 e. The second-order valence-electron chi connectivity index (χ2n) is 4.48. The van der Waals surface area contributed by atoms with Crippen molar-refractivity contribution in [2.45, 2.75) is 32.7 Å². The van der Waals surface area contributed by atoms with Crippen LogP contribution in [0.15, 0.2) is 24.4 Å². The van der Waals surface area contributed by atoms with E-state index in [4.69, 9.17) is 5.73 Å². The van der Waals surface area contributed by atoms with Crippen LogP contribution in [-0.4, -0.2) is 9.78 Å². The molecule has 1 aromatic carbocycles. The molecular formula is C14H17F2N3. The summed E-state index contributed by atoms with van der Waals surface area (Å²) in [4.78, 5) is 0. The van der Waals surface area contributed by atoms with Gasteiger partial charge >= 0.3 is 0 Å². The highest BCUT2D eigenvalue weighted by Gasteiger charge is 2.19. The molecule has 5 heteroatoms. The van der Waals surface area contributed by atoms with Crippen molar-refractivity contribution in [3.63, 3.8) is 0 Å². The number of halogens is 2. The monoisotopic (exact) mass is 265 g/mol. The fourth-order valence-electron chi connectivity index (χ4n) is 2.17. The van der Waals surface area contributed by atoms with Crippen LogP contribution in [0.25, 0.3) is 11.3 Å². The summed E-state index contributed by atoms with van der Waals surface area (Å²) in [6, 6.07) is 3.91. The molecule has 2 rings (SSSR count). The molecule has 0 fully saturated rings. The van der Waals surface area contributed by atoms with E-state index >= 15 is 0 Å². The zero-order chi connectivity index (χ0) is 14.0. The Hall–Kier alpha value is -1.91. The van der Waals surface area contributed by atoms with Crippen molar-refractivity contribution in [1.29, 1.82) is 0 Å². The minimum Gasteiger partial charge on any atom is -0.396 e. The van der Waals surface area contributed by atoms with E-state index in [-0.39, 0.29) is 23.0 Å². The number of nitrogen functional groups attached to an aromatic ring is 1. The van der Waals surface area contributed by atoms with Crippen LogP contribution in [0.1, 0.15) is 32.7 Å². The predicted molar refractivity (Wildman–Crippen MR) is 71.6 cm³/mol. The number of aromatic nitrogens is 2. The molecule has 2 N–H and O–H groups in total. The molecule has 0 saturated carbocycles. The van der Waals surface area contributed by atoms with Gasteiger partial charge in [-0.15, -0.1) is 0 Å². The summed E-state index contributed by atoms with van der Waals surface area (Å²) in [7, 11) is 0. The first kappa shape index (κ1) is 13.5. The van der Waals surface area contributed by atoms with Gasteiger partial charge < -0.3 is 5.73 Å². The van der Waals surface area contributed by atoms with E-state index in [2.05, 4.69) is 5.10 Å². The van der Waals surface area contributed by atoms with Gasteiger partial charge in [-0.1, -0.05) is 19.9 Å². The lowest BCUT2D eigenvalue weighted by molar-refractivity contribution is 0.429. The summed E-state index contributed by atoms with van der Waals surface area (Å²) in [5.41, 5.74) is 6.14. The molecule has 0 aliphatic carbocycles. The van der Waals surface area contributed by atoms with Crippen LogP contribution in [0, 0.1) is 11.6 Å². The molecule has 0 bridgehead atoms. The van der Waals surface area contributed by atoms with Crippen molar-refractivity contribution >= 4 is 5.69 Å². The SMILES string of the molecule is CCC(CC)n1cc(N)c(-c2c(F)cccc2F)n1. The Bertz CT molecular complexity index is 554. The smallest absolute Gasteiger partial charge is 0.135 e. The highest BCUT2D eigenvalue weighted by Crippen LogP contribution is 2.30. The summed E-state index contributed by atoms with van der Waals surface area (Å²) in [6.07, 6.45) is 3.41. The van der Waals surface area contributed by atoms with Crippen molar-refractivity contribution in [2.75, 3.05) is 5.73 Å². The lowest BCUT2D eigenvalue weighted by atomic mass is 10.1. The number of nitrogens with zero attached hydrogens (tertiary/aromatic N) is 2. The van der Waals surface area contributed by atoms with Crippen LogP contribution in [0.2, 0.25) is 0 Å². The van der Waals surface area contributed by atoms with Gasteiger partial charge in [0.05, 0.1) is 17.3 Å². The molecule has 0 atom stereocenters. The highest BCUT2D eigenvalue weighted by molar-refractivity contribution is 5.72. The quantitative estimate of drug-likeness (QED) is 0.914. The summed E-state index contributed by atoms with van der Waals surface area (Å²) in [5.74, 6) is -1.30. The minimum atomic E-state index is -0.651. The molecule has 0 saturated heterocycles. The Balaban J connectivity index is 2.52. The molecule has 2 aromatic rings. The summed E-state index contributed by atoms with van der Waals surface area (Å²) < 4.78 is 29.2. The minimum absolute atomic E-state index is 0.162. The van der Waals surface area contributed by atoms with Crippen LogP contribution in [0.5, 0.6) is 0 Å². The van der Waals surface area contributed by atoms with E-state index in [0.29, 0.717) is 0 Å². The normalized spacial score (nSPS) is 11.2. The maximum atomic E-state index is 13.7. The van der Waals surface area contributed by atoms with E-state index in [1.54, 1.807) is 10.9 Å². The fourth-order valence-corrected chi connectivity index (χ4v) is 2.17. The number of rotatable bonds is 4. The molecular weight excluding hydrogens is 248 g/mol. The fraction of sp³-hybridized carbons (Fsp3) is 0.357. The van der Waals surface area contributed by atoms with Crippen LogP contribution < -0.4 is 5.73 Å². The van der Waals surface area contributed by atoms with Crippen LogP contribution in [0.4, 0.5) is 14.5 Å². The van der Waals surface area contributed by atoms with Gasteiger partial charge in [-0.3, -0.25) is 4.68 Å². The second-order valence-corrected chi connectivity index (χ2v) is 4.48. The van der Waals surface area contributed by atoms with Crippen molar-refractivity contribution in [1.82, 2.24) is 9.78 Å². The van der Waals surface area contributed by atoms with E-state index < -0.39 is 11.6 Å². The maximum absolute atomic E-state index is 13.7. The lowest BCUT2D eigenvalue weighted by Crippen LogP contribution is -2.07. The van der Waals surface area contributed by atoms with E-state index in [0.717, 1.165) is 12.8 Å². The molecule has 0 radical (unpaired) electrons. The third-order valence-corrected chi connectivity index (χ3v) is 3.28. The van der Waals surface area contributed by atoms with Crippen LogP contribution in [0.3, 0.4) is 0 Å². The van der Waals surface area contributed by atoms with Gasteiger partial charge in [-0.05, 0) is 25.0 Å². The first-order valence-electron chi connectivity index (χ1n) is 6.37. The Kier molecular flexibility index (Phi) is 3.83. The molecule has 0 aliphatic rings. The first-order chi connectivity index (χ1) is 9.08. The molecule has 19 heavy (non-hydrogen) atoms. The van der Waals surface area contributed by atoms with E-state index in [9.17, 15) is 8.78 Å². The van der Waals surface area contributed by atoms with Crippen molar-refractivity contribution in [2.24, 2.45) is 0 Å². The second kappa shape index (κ2) is 5.38. The highest BCUT2D eigenvalue weighted by atomic mass is 19.1. The summed E-state index contributed by atoms with van der Waals surface area (Å²) in [6.45, 7) is 4.07. The van der Waals surface area contributed by atoms with Gasteiger partial charge in [0.15, 0.2) is 0 Å². The number of hydrogen-bond acceptors (Lipinski definition) is 2. The molecule has 0 spiro atoms. The van der Waals surface area contributed by atoms with Gasteiger partial charge in [-0.2, -0.15) is 5.10 Å². The Morgan fingerprint density at radius 3 is 2.32 bits per heavy atom. The average Bonchev–Trinajstić information content (AvgIpc) is 2.73. The number of hydrogen-bond donors (Lipinski definition) is 1. The Labute approximate surface area is 111 Å². The molecule has 102 valence electrons. The number of nitrogens with two attached hydrogens (primary N) is 1. The zero-order valence-electron chi connectivity index (χ0n) is 11.0. The van der Waals surface area contributed by atoms with Crippen molar-refractivity contribution < 1.29 is 8.78 Å². The van der Waals surface area contributed by atoms with Gasteiger partial charge in [0.1, 0.15) is 17.3 Å².